The van der Waals surface area contributed by atoms with E-state index in [0.717, 1.165) is 11.1 Å². The number of nitrogens with zero attached hydrogens (tertiary/aromatic N) is 2. The van der Waals surface area contributed by atoms with Crippen molar-refractivity contribution in [1.29, 1.82) is 0 Å². The SMILES string of the molecule is O=C(O)CC/C(=N/NC(=O)CCCCCC(=O)N/N=C(\CCC(=O)O)c1ccccc1)c1ccccc1. The molecule has 0 saturated heterocycles. The zero-order chi connectivity index (χ0) is 26.9. The highest BCUT2D eigenvalue weighted by Crippen LogP contribution is 2.09. The first kappa shape index (κ1) is 28.9. The van der Waals surface area contributed by atoms with E-state index in [4.69, 9.17) is 10.2 Å². The largest absolute Gasteiger partial charge is 0.481 e. The molecule has 0 atom stereocenters. The molecular weight excluding hydrogens is 476 g/mol. The molecule has 10 heteroatoms. The van der Waals surface area contributed by atoms with Crippen LogP contribution in [0.1, 0.15) is 68.9 Å². The van der Waals surface area contributed by atoms with Crippen LogP contribution in [0.15, 0.2) is 70.9 Å². The summed E-state index contributed by atoms with van der Waals surface area (Å²) >= 11 is 0. The van der Waals surface area contributed by atoms with Crippen LogP contribution in [0.3, 0.4) is 0 Å². The number of carbonyl (C=O) groups is 4. The molecule has 0 aliphatic carbocycles. The Kier molecular flexibility index (Phi) is 12.8. The lowest BCUT2D eigenvalue weighted by Crippen LogP contribution is -2.21. The molecule has 37 heavy (non-hydrogen) atoms. The number of carboxylic acid groups (broad SMARTS) is 2. The number of aliphatic carboxylic acids is 2. The number of rotatable bonds is 16. The average molecular weight is 509 g/mol. The van der Waals surface area contributed by atoms with Gasteiger partial charge in [0, 0.05) is 25.7 Å². The maximum absolute atomic E-state index is 12.2. The Labute approximate surface area is 215 Å². The number of benzene rings is 2. The van der Waals surface area contributed by atoms with E-state index in [1.165, 1.54) is 0 Å². The van der Waals surface area contributed by atoms with Crippen LogP contribution in [0, 0.1) is 0 Å². The summed E-state index contributed by atoms with van der Waals surface area (Å²) in [7, 11) is 0. The van der Waals surface area contributed by atoms with Gasteiger partial charge in [-0.1, -0.05) is 67.1 Å². The molecule has 0 spiro atoms. The monoisotopic (exact) mass is 508 g/mol. The van der Waals surface area contributed by atoms with Crippen LogP contribution in [-0.2, 0) is 19.2 Å². The van der Waals surface area contributed by atoms with Crippen LogP contribution in [0.2, 0.25) is 0 Å². The van der Waals surface area contributed by atoms with Gasteiger partial charge in [0.2, 0.25) is 11.8 Å². The number of hydrogen-bond acceptors (Lipinski definition) is 6. The van der Waals surface area contributed by atoms with E-state index in [-0.39, 0.29) is 50.3 Å². The number of carboxylic acids is 2. The summed E-state index contributed by atoms with van der Waals surface area (Å²) in [5.41, 5.74) is 7.46. The van der Waals surface area contributed by atoms with Crippen molar-refractivity contribution in [1.82, 2.24) is 10.9 Å². The van der Waals surface area contributed by atoms with E-state index in [0.29, 0.717) is 30.7 Å². The minimum atomic E-state index is -0.943. The summed E-state index contributed by atoms with van der Waals surface area (Å²) in [5.74, 6) is -2.46. The van der Waals surface area contributed by atoms with Gasteiger partial charge in [0.1, 0.15) is 0 Å². The third kappa shape index (κ3) is 12.3. The molecule has 0 saturated carbocycles. The van der Waals surface area contributed by atoms with Crippen molar-refractivity contribution < 1.29 is 29.4 Å². The summed E-state index contributed by atoms with van der Waals surface area (Å²) in [6, 6.07) is 18.1. The normalized spacial score (nSPS) is 11.6. The Morgan fingerprint density at radius 3 is 1.27 bits per heavy atom. The molecule has 196 valence electrons. The Bertz CT molecular complexity index is 1010. The predicted molar refractivity (Wildman–Crippen MR) is 139 cm³/mol. The third-order valence-corrected chi connectivity index (χ3v) is 5.30. The van der Waals surface area contributed by atoms with Crippen molar-refractivity contribution >= 4 is 35.2 Å². The highest BCUT2D eigenvalue weighted by molar-refractivity contribution is 6.02. The van der Waals surface area contributed by atoms with Gasteiger partial charge in [-0.2, -0.15) is 10.2 Å². The second kappa shape index (κ2) is 16.4. The van der Waals surface area contributed by atoms with Gasteiger partial charge in [0.15, 0.2) is 0 Å². The Hall–Kier alpha value is -4.34. The Morgan fingerprint density at radius 1 is 0.541 bits per heavy atom. The smallest absolute Gasteiger partial charge is 0.303 e. The first-order valence-corrected chi connectivity index (χ1v) is 12.1. The first-order chi connectivity index (χ1) is 17.8. The average Bonchev–Trinajstić information content (AvgIpc) is 2.89. The number of hydrogen-bond donors (Lipinski definition) is 4. The van der Waals surface area contributed by atoms with Crippen LogP contribution in [0.4, 0.5) is 0 Å². The van der Waals surface area contributed by atoms with Gasteiger partial charge in [0.25, 0.3) is 0 Å². The van der Waals surface area contributed by atoms with Crippen LogP contribution in [-0.4, -0.2) is 45.4 Å². The molecule has 4 N–H and O–H groups in total. The van der Waals surface area contributed by atoms with Crippen LogP contribution < -0.4 is 10.9 Å². The lowest BCUT2D eigenvalue weighted by molar-refractivity contribution is -0.137. The van der Waals surface area contributed by atoms with E-state index in [2.05, 4.69) is 21.1 Å². The van der Waals surface area contributed by atoms with Gasteiger partial charge in [-0.15, -0.1) is 0 Å². The molecule has 2 aromatic carbocycles. The topological polar surface area (TPSA) is 158 Å². The number of hydrazone groups is 2. The van der Waals surface area contributed by atoms with Crippen molar-refractivity contribution in [2.24, 2.45) is 10.2 Å². The molecule has 2 aromatic rings. The van der Waals surface area contributed by atoms with Crippen molar-refractivity contribution in [3.8, 4) is 0 Å². The molecule has 0 unspecified atom stereocenters. The van der Waals surface area contributed by atoms with Crippen LogP contribution in [0.5, 0.6) is 0 Å². The lowest BCUT2D eigenvalue weighted by atomic mass is 10.1. The van der Waals surface area contributed by atoms with Gasteiger partial charge in [-0.05, 0) is 24.0 Å². The van der Waals surface area contributed by atoms with Crippen LogP contribution >= 0.6 is 0 Å². The zero-order valence-electron chi connectivity index (χ0n) is 20.6. The maximum atomic E-state index is 12.2. The van der Waals surface area contributed by atoms with E-state index < -0.39 is 11.9 Å². The molecular formula is C27H32N4O6. The van der Waals surface area contributed by atoms with Gasteiger partial charge in [-0.25, -0.2) is 10.9 Å². The number of carbonyl (C=O) groups excluding carboxylic acids is 2. The molecule has 0 heterocycles. The number of unbranched alkanes of at least 4 members (excludes halogenated alkanes) is 2. The summed E-state index contributed by atoms with van der Waals surface area (Å²) < 4.78 is 0. The van der Waals surface area contributed by atoms with E-state index >= 15 is 0 Å². The van der Waals surface area contributed by atoms with Gasteiger partial charge < -0.3 is 10.2 Å². The molecule has 10 nitrogen and oxygen atoms in total. The molecule has 0 bridgehead atoms. The van der Waals surface area contributed by atoms with Gasteiger partial charge in [-0.3, -0.25) is 19.2 Å². The quantitative estimate of drug-likeness (QED) is 0.154. The molecule has 0 fully saturated rings. The minimum absolute atomic E-state index is 0.0951. The predicted octanol–water partition coefficient (Wildman–Crippen LogP) is 3.71. The fourth-order valence-corrected chi connectivity index (χ4v) is 3.36. The minimum Gasteiger partial charge on any atom is -0.481 e. The third-order valence-electron chi connectivity index (χ3n) is 5.30. The van der Waals surface area contributed by atoms with Crippen molar-refractivity contribution in [2.45, 2.75) is 57.8 Å². The van der Waals surface area contributed by atoms with E-state index in [9.17, 15) is 19.2 Å². The molecule has 0 aliphatic rings. The highest BCUT2D eigenvalue weighted by Gasteiger charge is 2.10. The second-order valence-electron chi connectivity index (χ2n) is 8.27. The standard InChI is InChI=1S/C27H32N4O6/c32-24(30-28-22(16-18-26(34)35)20-10-4-1-5-11-20)14-8-3-9-15-25(33)31-29-23(17-19-27(36)37)21-12-6-2-7-13-21/h1-2,4-7,10-13H,3,8-9,14-19H2,(H,30,32)(H,31,33)(H,34,35)(H,36,37)/b28-22-,29-23+. The van der Waals surface area contributed by atoms with E-state index in [1.54, 1.807) is 24.3 Å². The van der Waals surface area contributed by atoms with Crippen LogP contribution in [0.25, 0.3) is 0 Å². The highest BCUT2D eigenvalue weighted by atomic mass is 16.4. The number of nitrogens with one attached hydrogen (secondary N) is 2. The number of amides is 2. The zero-order valence-corrected chi connectivity index (χ0v) is 20.6. The summed E-state index contributed by atoms with van der Waals surface area (Å²) in [5, 5.41) is 26.1. The summed E-state index contributed by atoms with van der Waals surface area (Å²) in [4.78, 5) is 46.2. The summed E-state index contributed by atoms with van der Waals surface area (Å²) in [6.07, 6.45) is 2.39. The first-order valence-electron chi connectivity index (χ1n) is 12.1. The molecule has 2 rings (SSSR count). The van der Waals surface area contributed by atoms with E-state index in [1.807, 2.05) is 36.4 Å². The maximum Gasteiger partial charge on any atom is 0.303 e. The molecule has 2 amide bonds. The Balaban J connectivity index is 1.74. The van der Waals surface area contributed by atoms with Gasteiger partial charge >= 0.3 is 11.9 Å². The van der Waals surface area contributed by atoms with Crippen molar-refractivity contribution in [3.05, 3.63) is 71.8 Å². The lowest BCUT2D eigenvalue weighted by Gasteiger charge is -2.07. The molecule has 0 aliphatic heterocycles. The molecule has 0 aromatic heterocycles. The van der Waals surface area contributed by atoms with Crippen molar-refractivity contribution in [2.75, 3.05) is 0 Å². The second-order valence-corrected chi connectivity index (χ2v) is 8.27. The Morgan fingerprint density at radius 2 is 0.919 bits per heavy atom. The fraction of sp³-hybridized carbons (Fsp3) is 0.333. The van der Waals surface area contributed by atoms with Crippen molar-refractivity contribution in [3.63, 3.8) is 0 Å². The molecule has 0 radical (unpaired) electrons. The van der Waals surface area contributed by atoms with Gasteiger partial charge in [0.05, 0.1) is 24.3 Å². The summed E-state index contributed by atoms with van der Waals surface area (Å²) in [6.45, 7) is 0. The fourth-order valence-electron chi connectivity index (χ4n) is 3.36.